The smallest absolute Gasteiger partial charge is 0.410 e. The fourth-order valence-corrected chi connectivity index (χ4v) is 3.38. The number of carbonyl (C=O) groups is 1. The van der Waals surface area contributed by atoms with Crippen LogP contribution in [0.1, 0.15) is 40.3 Å². The molecule has 2 aromatic heterocycles. The maximum absolute atomic E-state index is 13.6. The molecule has 0 spiro atoms. The van der Waals surface area contributed by atoms with Crippen LogP contribution in [0.3, 0.4) is 0 Å². The number of hydrogen-bond acceptors (Lipinski definition) is 5. The zero-order valence-electron chi connectivity index (χ0n) is 15.9. The Kier molecular flexibility index (Phi) is 5.15. The van der Waals surface area contributed by atoms with E-state index in [9.17, 15) is 18.0 Å². The van der Waals surface area contributed by atoms with E-state index in [4.69, 9.17) is 9.15 Å². The molecule has 0 fully saturated rings. The molecule has 1 amide bonds. The standard InChI is InChI=1S/C20H19F3N4O3/c1-29-13-6-4-12(5-7-13)11-24-19(28)15-10-18-25-14(16-3-2-8-30-16)9-17(20(21,22)23)27(18)26-15/h2-8,10,14,17,25H,9,11H2,1H3,(H,24,28)/t14-,17-/m1/s1. The molecular weight excluding hydrogens is 401 g/mol. The van der Waals surface area contributed by atoms with E-state index in [1.54, 1.807) is 43.5 Å². The molecule has 3 aromatic rings. The fourth-order valence-electron chi connectivity index (χ4n) is 3.38. The lowest BCUT2D eigenvalue weighted by Crippen LogP contribution is -2.35. The van der Waals surface area contributed by atoms with Crippen molar-refractivity contribution in [3.8, 4) is 5.75 Å². The van der Waals surface area contributed by atoms with Crippen LogP contribution in [0, 0.1) is 0 Å². The Morgan fingerprint density at radius 1 is 1.33 bits per heavy atom. The van der Waals surface area contributed by atoms with Crippen LogP contribution in [0.2, 0.25) is 0 Å². The molecule has 0 saturated heterocycles. The van der Waals surface area contributed by atoms with Gasteiger partial charge in [0.15, 0.2) is 11.7 Å². The molecule has 30 heavy (non-hydrogen) atoms. The largest absolute Gasteiger partial charge is 0.497 e. The zero-order valence-corrected chi connectivity index (χ0v) is 15.9. The van der Waals surface area contributed by atoms with Gasteiger partial charge in [-0.2, -0.15) is 18.3 Å². The summed E-state index contributed by atoms with van der Waals surface area (Å²) in [6, 6.07) is 9.07. The summed E-state index contributed by atoms with van der Waals surface area (Å²) in [4.78, 5) is 12.5. The quantitative estimate of drug-likeness (QED) is 0.650. The molecule has 10 heteroatoms. The Balaban J connectivity index is 1.52. The second-order valence-corrected chi connectivity index (χ2v) is 6.90. The first kappa shape index (κ1) is 19.9. The number of hydrogen-bond donors (Lipinski definition) is 2. The second-order valence-electron chi connectivity index (χ2n) is 6.90. The van der Waals surface area contributed by atoms with Crippen molar-refractivity contribution in [3.63, 3.8) is 0 Å². The lowest BCUT2D eigenvalue weighted by molar-refractivity contribution is -0.174. The van der Waals surface area contributed by atoms with E-state index >= 15 is 0 Å². The summed E-state index contributed by atoms with van der Waals surface area (Å²) in [5.41, 5.74) is 0.720. The van der Waals surface area contributed by atoms with Gasteiger partial charge in [-0.3, -0.25) is 4.79 Å². The van der Waals surface area contributed by atoms with E-state index in [0.717, 1.165) is 10.2 Å². The van der Waals surface area contributed by atoms with Crippen molar-refractivity contribution in [1.82, 2.24) is 15.1 Å². The highest BCUT2D eigenvalue weighted by molar-refractivity contribution is 5.93. The van der Waals surface area contributed by atoms with Crippen molar-refractivity contribution in [2.45, 2.75) is 31.2 Å². The van der Waals surface area contributed by atoms with Crippen LogP contribution in [-0.2, 0) is 6.54 Å². The van der Waals surface area contributed by atoms with Gasteiger partial charge >= 0.3 is 6.18 Å². The van der Waals surface area contributed by atoms with Crippen molar-refractivity contribution in [1.29, 1.82) is 0 Å². The number of carbonyl (C=O) groups excluding carboxylic acids is 1. The van der Waals surface area contributed by atoms with Crippen LogP contribution in [0.5, 0.6) is 5.75 Å². The van der Waals surface area contributed by atoms with Crippen molar-refractivity contribution < 1.29 is 27.1 Å². The van der Waals surface area contributed by atoms with Crippen molar-refractivity contribution in [2.75, 3.05) is 12.4 Å². The minimum atomic E-state index is -4.52. The van der Waals surface area contributed by atoms with Gasteiger partial charge in [-0.05, 0) is 29.8 Å². The van der Waals surface area contributed by atoms with E-state index in [1.165, 1.54) is 12.3 Å². The normalized spacial score (nSPS) is 18.4. The van der Waals surface area contributed by atoms with Crippen molar-refractivity contribution in [3.05, 3.63) is 65.7 Å². The van der Waals surface area contributed by atoms with Crippen LogP contribution in [0.4, 0.5) is 19.0 Å². The molecule has 3 heterocycles. The molecule has 0 unspecified atom stereocenters. The molecule has 0 saturated carbocycles. The van der Waals surface area contributed by atoms with Crippen LogP contribution >= 0.6 is 0 Å². The van der Waals surface area contributed by atoms with Crippen LogP contribution in [0.25, 0.3) is 0 Å². The highest BCUT2D eigenvalue weighted by atomic mass is 19.4. The van der Waals surface area contributed by atoms with Gasteiger partial charge in [0.2, 0.25) is 0 Å². The number of ether oxygens (including phenoxy) is 1. The van der Waals surface area contributed by atoms with Gasteiger partial charge in [0.1, 0.15) is 17.3 Å². The van der Waals surface area contributed by atoms with E-state index in [1.807, 2.05) is 0 Å². The van der Waals surface area contributed by atoms with Gasteiger partial charge < -0.3 is 19.8 Å². The van der Waals surface area contributed by atoms with Crippen LogP contribution < -0.4 is 15.4 Å². The minimum Gasteiger partial charge on any atom is -0.497 e. The lowest BCUT2D eigenvalue weighted by atomic mass is 10.0. The number of aromatic nitrogens is 2. The first-order chi connectivity index (χ1) is 14.3. The molecule has 2 N–H and O–H groups in total. The van der Waals surface area contributed by atoms with Crippen molar-refractivity contribution >= 4 is 11.7 Å². The molecule has 158 valence electrons. The minimum absolute atomic E-state index is 0.0969. The molecule has 0 aliphatic carbocycles. The van der Waals surface area contributed by atoms with Crippen LogP contribution in [0.15, 0.2) is 53.1 Å². The highest BCUT2D eigenvalue weighted by Crippen LogP contribution is 2.43. The lowest BCUT2D eigenvalue weighted by Gasteiger charge is -2.32. The number of furan rings is 1. The molecule has 0 radical (unpaired) electrons. The molecule has 1 aliphatic heterocycles. The predicted octanol–water partition coefficient (Wildman–Crippen LogP) is 4.08. The van der Waals surface area contributed by atoms with Gasteiger partial charge in [-0.1, -0.05) is 12.1 Å². The zero-order chi connectivity index (χ0) is 21.3. The number of halogens is 3. The summed E-state index contributed by atoms with van der Waals surface area (Å²) in [5.74, 6) is 0.619. The number of fused-ring (bicyclic) bond motifs is 1. The number of anilines is 1. The Labute approximate surface area is 169 Å². The molecule has 2 atom stereocenters. The number of amides is 1. The van der Waals surface area contributed by atoms with Gasteiger partial charge in [0.25, 0.3) is 5.91 Å². The summed E-state index contributed by atoms with van der Waals surface area (Å²) in [7, 11) is 1.55. The van der Waals surface area contributed by atoms with Crippen molar-refractivity contribution in [2.24, 2.45) is 0 Å². The summed E-state index contributed by atoms with van der Waals surface area (Å²) in [6.07, 6.45) is -3.41. The first-order valence-corrected chi connectivity index (χ1v) is 9.22. The maximum Gasteiger partial charge on any atom is 0.410 e. The summed E-state index contributed by atoms with van der Waals surface area (Å²) in [6.45, 7) is 0.205. The average Bonchev–Trinajstić information content (AvgIpc) is 3.40. The summed E-state index contributed by atoms with van der Waals surface area (Å²) in [5, 5.41) is 9.57. The van der Waals surface area contributed by atoms with E-state index in [0.29, 0.717) is 11.5 Å². The highest BCUT2D eigenvalue weighted by Gasteiger charge is 2.47. The topological polar surface area (TPSA) is 81.3 Å². The SMILES string of the molecule is COc1ccc(CNC(=O)c2cc3n(n2)[C@@H](C(F)(F)F)C[C@H](c2ccco2)N3)cc1. The number of rotatable bonds is 5. The second kappa shape index (κ2) is 7.77. The third-order valence-corrected chi connectivity index (χ3v) is 4.92. The Morgan fingerprint density at radius 3 is 2.73 bits per heavy atom. The Morgan fingerprint density at radius 2 is 2.10 bits per heavy atom. The summed E-state index contributed by atoms with van der Waals surface area (Å²) >= 11 is 0. The molecule has 7 nitrogen and oxygen atoms in total. The summed E-state index contributed by atoms with van der Waals surface area (Å²) < 4.78 is 52.1. The van der Waals surface area contributed by atoms with Crippen LogP contribution in [-0.4, -0.2) is 29.0 Å². The first-order valence-electron chi connectivity index (χ1n) is 9.22. The Hall–Kier alpha value is -3.43. The third kappa shape index (κ3) is 3.98. The monoisotopic (exact) mass is 420 g/mol. The van der Waals surface area contributed by atoms with Gasteiger partial charge in [0.05, 0.1) is 19.4 Å². The van der Waals surface area contributed by atoms with Gasteiger partial charge in [-0.15, -0.1) is 0 Å². The number of methoxy groups -OCH3 is 1. The van der Waals surface area contributed by atoms with Gasteiger partial charge in [-0.25, -0.2) is 4.68 Å². The average molecular weight is 420 g/mol. The molecule has 1 aliphatic rings. The van der Waals surface area contributed by atoms with E-state index in [-0.39, 0.29) is 24.5 Å². The number of nitrogens with zero attached hydrogens (tertiary/aromatic N) is 2. The maximum atomic E-state index is 13.6. The number of alkyl halides is 3. The predicted molar refractivity (Wildman–Crippen MR) is 101 cm³/mol. The fraction of sp³-hybridized carbons (Fsp3) is 0.300. The van der Waals surface area contributed by atoms with E-state index in [2.05, 4.69) is 15.7 Å². The third-order valence-electron chi connectivity index (χ3n) is 4.92. The molecular formula is C20H19F3N4O3. The number of nitrogens with one attached hydrogen (secondary N) is 2. The molecule has 0 bridgehead atoms. The van der Waals surface area contributed by atoms with E-state index < -0.39 is 24.2 Å². The van der Waals surface area contributed by atoms with Gasteiger partial charge in [0, 0.05) is 19.0 Å². The number of benzene rings is 1. The Bertz CT molecular complexity index is 1010. The molecule has 4 rings (SSSR count). The molecule has 1 aromatic carbocycles.